The molecule has 0 aliphatic carbocycles. The highest BCUT2D eigenvalue weighted by molar-refractivity contribution is 9.10. The molecule has 0 aliphatic heterocycles. The zero-order valence-electron chi connectivity index (χ0n) is 12.4. The topological polar surface area (TPSA) is 64.0 Å². The summed E-state index contributed by atoms with van der Waals surface area (Å²) in [5.41, 5.74) is 2.39. The van der Waals surface area contributed by atoms with Crippen molar-refractivity contribution >= 4 is 26.0 Å². The number of aryl methyl sites for hydroxylation is 3. The Morgan fingerprint density at radius 3 is 2.52 bits per heavy atom. The lowest BCUT2D eigenvalue weighted by Gasteiger charge is -2.15. The fraction of sp³-hybridized carbons (Fsp3) is 0.357. The van der Waals surface area contributed by atoms with Crippen molar-refractivity contribution in [2.45, 2.75) is 31.7 Å². The maximum atomic E-state index is 12.5. The minimum absolute atomic E-state index is 0.291. The van der Waals surface area contributed by atoms with E-state index in [0.29, 0.717) is 10.5 Å². The first-order valence-electron chi connectivity index (χ1n) is 6.49. The van der Waals surface area contributed by atoms with Crippen molar-refractivity contribution in [3.63, 3.8) is 0 Å². The maximum Gasteiger partial charge on any atom is 0.241 e. The lowest BCUT2D eigenvalue weighted by Crippen LogP contribution is -2.27. The molecule has 5 nitrogen and oxygen atoms in total. The second kappa shape index (κ2) is 5.90. The van der Waals surface area contributed by atoms with Crippen LogP contribution in [0, 0.1) is 13.8 Å². The molecule has 0 saturated carbocycles. The van der Waals surface area contributed by atoms with Crippen molar-refractivity contribution < 1.29 is 8.42 Å². The van der Waals surface area contributed by atoms with Gasteiger partial charge in [-0.2, -0.15) is 5.10 Å². The van der Waals surface area contributed by atoms with Crippen LogP contribution in [0.3, 0.4) is 0 Å². The Morgan fingerprint density at radius 2 is 2.00 bits per heavy atom. The van der Waals surface area contributed by atoms with Gasteiger partial charge in [-0.3, -0.25) is 4.68 Å². The Kier molecular flexibility index (Phi) is 4.55. The molecule has 0 bridgehead atoms. The molecule has 0 fully saturated rings. The van der Waals surface area contributed by atoms with E-state index in [1.807, 2.05) is 27.1 Å². The van der Waals surface area contributed by atoms with Crippen LogP contribution in [0.1, 0.15) is 29.8 Å². The van der Waals surface area contributed by atoms with E-state index in [1.165, 1.54) is 0 Å². The zero-order chi connectivity index (χ0) is 15.8. The van der Waals surface area contributed by atoms with Crippen LogP contribution in [0.2, 0.25) is 0 Å². The first-order valence-corrected chi connectivity index (χ1v) is 8.77. The van der Waals surface area contributed by atoms with Gasteiger partial charge in [0.25, 0.3) is 0 Å². The molecule has 1 heterocycles. The molecule has 1 aromatic carbocycles. The quantitative estimate of drug-likeness (QED) is 0.898. The monoisotopic (exact) mass is 371 g/mol. The molecular weight excluding hydrogens is 354 g/mol. The van der Waals surface area contributed by atoms with Gasteiger partial charge in [-0.15, -0.1) is 0 Å². The van der Waals surface area contributed by atoms with Crippen molar-refractivity contribution in [3.8, 4) is 0 Å². The Bertz CT molecular complexity index is 769. The average Bonchev–Trinajstić information content (AvgIpc) is 2.67. The highest BCUT2D eigenvalue weighted by atomic mass is 79.9. The van der Waals surface area contributed by atoms with Crippen LogP contribution in [0.4, 0.5) is 0 Å². The molecule has 0 spiro atoms. The Labute approximate surface area is 133 Å². The molecule has 0 amide bonds. The Morgan fingerprint density at radius 1 is 1.33 bits per heavy atom. The summed E-state index contributed by atoms with van der Waals surface area (Å²) in [7, 11) is -1.75. The van der Waals surface area contributed by atoms with Crippen LogP contribution in [0.5, 0.6) is 0 Å². The SMILES string of the molecule is Cc1cc(Br)ccc1S(=O)(=O)NC(C)c1cn(C)nc1C. The summed E-state index contributed by atoms with van der Waals surface area (Å²) in [5, 5.41) is 4.24. The first-order chi connectivity index (χ1) is 9.70. The average molecular weight is 372 g/mol. The van der Waals surface area contributed by atoms with Gasteiger partial charge in [0.2, 0.25) is 10.0 Å². The van der Waals surface area contributed by atoms with Gasteiger partial charge in [0, 0.05) is 29.3 Å². The molecule has 0 aliphatic rings. The number of hydrogen-bond acceptors (Lipinski definition) is 3. The van der Waals surface area contributed by atoms with Crippen molar-refractivity contribution in [1.29, 1.82) is 0 Å². The first kappa shape index (κ1) is 16.2. The molecule has 21 heavy (non-hydrogen) atoms. The molecule has 7 heteroatoms. The van der Waals surface area contributed by atoms with Crippen LogP contribution >= 0.6 is 15.9 Å². The Hall–Kier alpha value is -1.18. The predicted molar refractivity (Wildman–Crippen MR) is 85.6 cm³/mol. The van der Waals surface area contributed by atoms with E-state index in [-0.39, 0.29) is 6.04 Å². The standard InChI is InChI=1S/C14H18BrN3O2S/c1-9-7-12(15)5-6-14(9)21(19,20)17-11(3)13-8-18(4)16-10(13)2/h5-8,11,17H,1-4H3. The number of sulfonamides is 1. The van der Waals surface area contributed by atoms with E-state index in [4.69, 9.17) is 0 Å². The predicted octanol–water partition coefficient (Wildman–Crippen LogP) is 2.84. The van der Waals surface area contributed by atoms with Gasteiger partial charge >= 0.3 is 0 Å². The summed E-state index contributed by atoms with van der Waals surface area (Å²) in [6.45, 7) is 5.46. The van der Waals surface area contributed by atoms with Crippen molar-refractivity contribution in [2.75, 3.05) is 0 Å². The minimum Gasteiger partial charge on any atom is -0.275 e. The van der Waals surface area contributed by atoms with Gasteiger partial charge in [0.1, 0.15) is 0 Å². The second-order valence-corrected chi connectivity index (χ2v) is 7.69. The van der Waals surface area contributed by atoms with Crippen molar-refractivity contribution in [2.24, 2.45) is 7.05 Å². The van der Waals surface area contributed by atoms with E-state index in [0.717, 1.165) is 15.7 Å². The van der Waals surface area contributed by atoms with Crippen LogP contribution in [0.25, 0.3) is 0 Å². The molecule has 1 N–H and O–H groups in total. The van der Waals surface area contributed by atoms with Crippen LogP contribution < -0.4 is 4.72 Å². The fourth-order valence-corrected chi connectivity index (χ4v) is 4.24. The third kappa shape index (κ3) is 3.53. The number of hydrogen-bond donors (Lipinski definition) is 1. The third-order valence-corrected chi connectivity index (χ3v) is 5.47. The molecule has 1 atom stereocenters. The molecule has 114 valence electrons. The highest BCUT2D eigenvalue weighted by Crippen LogP contribution is 2.23. The van der Waals surface area contributed by atoms with E-state index < -0.39 is 10.0 Å². The summed E-state index contributed by atoms with van der Waals surface area (Å²) in [4.78, 5) is 0.291. The van der Waals surface area contributed by atoms with E-state index in [2.05, 4.69) is 25.8 Å². The molecular formula is C14H18BrN3O2S. The number of halogens is 1. The van der Waals surface area contributed by atoms with Gasteiger partial charge in [0.05, 0.1) is 10.6 Å². The summed E-state index contributed by atoms with van der Waals surface area (Å²) in [5.74, 6) is 0. The van der Waals surface area contributed by atoms with Gasteiger partial charge in [-0.1, -0.05) is 15.9 Å². The normalized spacial score (nSPS) is 13.4. The molecule has 0 saturated heterocycles. The molecule has 0 radical (unpaired) electrons. The number of rotatable bonds is 4. The fourth-order valence-electron chi connectivity index (χ4n) is 2.32. The van der Waals surface area contributed by atoms with Gasteiger partial charge < -0.3 is 0 Å². The minimum atomic E-state index is -3.57. The Balaban J connectivity index is 2.31. The largest absolute Gasteiger partial charge is 0.275 e. The van der Waals surface area contributed by atoms with Gasteiger partial charge in [-0.05, 0) is 44.5 Å². The van der Waals surface area contributed by atoms with Crippen LogP contribution in [-0.2, 0) is 17.1 Å². The summed E-state index contributed by atoms with van der Waals surface area (Å²) >= 11 is 3.34. The van der Waals surface area contributed by atoms with Gasteiger partial charge in [0.15, 0.2) is 0 Å². The van der Waals surface area contributed by atoms with Crippen LogP contribution in [-0.4, -0.2) is 18.2 Å². The summed E-state index contributed by atoms with van der Waals surface area (Å²) in [6, 6.07) is 4.77. The van der Waals surface area contributed by atoms with E-state index in [1.54, 1.807) is 29.8 Å². The van der Waals surface area contributed by atoms with E-state index in [9.17, 15) is 8.42 Å². The summed E-state index contributed by atoms with van der Waals surface area (Å²) in [6.07, 6.45) is 1.83. The lowest BCUT2D eigenvalue weighted by molar-refractivity contribution is 0.566. The molecule has 2 aromatic rings. The maximum absolute atomic E-state index is 12.5. The van der Waals surface area contributed by atoms with Gasteiger partial charge in [-0.25, -0.2) is 13.1 Å². The number of nitrogens with zero attached hydrogens (tertiary/aromatic N) is 2. The van der Waals surface area contributed by atoms with E-state index >= 15 is 0 Å². The second-order valence-electron chi connectivity index (χ2n) is 5.10. The number of aromatic nitrogens is 2. The van der Waals surface area contributed by atoms with Crippen LogP contribution in [0.15, 0.2) is 33.8 Å². The highest BCUT2D eigenvalue weighted by Gasteiger charge is 2.22. The van der Waals surface area contributed by atoms with Crippen molar-refractivity contribution in [3.05, 3.63) is 45.7 Å². The zero-order valence-corrected chi connectivity index (χ0v) is 14.8. The number of benzene rings is 1. The summed E-state index contributed by atoms with van der Waals surface area (Å²) < 4.78 is 30.3. The lowest BCUT2D eigenvalue weighted by atomic mass is 10.1. The molecule has 2 rings (SSSR count). The third-order valence-electron chi connectivity index (χ3n) is 3.28. The molecule has 1 aromatic heterocycles. The number of nitrogens with one attached hydrogen (secondary N) is 1. The van der Waals surface area contributed by atoms with Crippen molar-refractivity contribution in [1.82, 2.24) is 14.5 Å². The smallest absolute Gasteiger partial charge is 0.241 e. The molecule has 1 unspecified atom stereocenters.